The highest BCUT2D eigenvalue weighted by Crippen LogP contribution is 2.28. The van der Waals surface area contributed by atoms with Gasteiger partial charge in [0.25, 0.3) is 0 Å². The standard InChI is InChI=1S/C20H20F3N5O/c1-11-16(21)18(27-19(23)17(11)22)12-4-6-13(7-5-12)29-15-9-25-8-14(26-15)28-20(2,3)10-24/h4-9H,10,24H2,1-3H3,(H,26,28). The van der Waals surface area contributed by atoms with Crippen LogP contribution in [0, 0.1) is 24.5 Å². The fraction of sp³-hybridized carbons (Fsp3) is 0.250. The van der Waals surface area contributed by atoms with Crippen molar-refractivity contribution < 1.29 is 17.9 Å². The molecule has 0 radical (unpaired) electrons. The topological polar surface area (TPSA) is 86.0 Å². The molecular weight excluding hydrogens is 383 g/mol. The summed E-state index contributed by atoms with van der Waals surface area (Å²) in [4.78, 5) is 11.8. The number of benzene rings is 1. The van der Waals surface area contributed by atoms with Crippen LogP contribution in [0.4, 0.5) is 19.0 Å². The van der Waals surface area contributed by atoms with E-state index in [0.29, 0.717) is 18.1 Å². The molecule has 3 aromatic rings. The maximum Gasteiger partial charge on any atom is 0.249 e. The molecule has 9 heteroatoms. The summed E-state index contributed by atoms with van der Waals surface area (Å²) in [5.74, 6) is -2.42. The zero-order chi connectivity index (χ0) is 21.2. The van der Waals surface area contributed by atoms with Gasteiger partial charge in [-0.3, -0.25) is 4.98 Å². The molecule has 0 aliphatic heterocycles. The molecule has 0 spiro atoms. The molecule has 3 N–H and O–H groups in total. The number of nitrogens with one attached hydrogen (secondary N) is 1. The van der Waals surface area contributed by atoms with Gasteiger partial charge in [0.2, 0.25) is 11.8 Å². The van der Waals surface area contributed by atoms with E-state index in [1.54, 1.807) is 18.3 Å². The van der Waals surface area contributed by atoms with Crippen molar-refractivity contribution in [2.75, 3.05) is 11.9 Å². The zero-order valence-corrected chi connectivity index (χ0v) is 16.1. The first kappa shape index (κ1) is 20.5. The first-order chi connectivity index (χ1) is 13.7. The molecule has 29 heavy (non-hydrogen) atoms. The van der Waals surface area contributed by atoms with Crippen LogP contribution in [0.25, 0.3) is 11.3 Å². The lowest BCUT2D eigenvalue weighted by molar-refractivity contribution is 0.458. The van der Waals surface area contributed by atoms with Crippen LogP contribution in [0.1, 0.15) is 19.4 Å². The zero-order valence-electron chi connectivity index (χ0n) is 16.1. The van der Waals surface area contributed by atoms with Gasteiger partial charge in [-0.05, 0) is 45.0 Å². The largest absolute Gasteiger partial charge is 0.437 e. The van der Waals surface area contributed by atoms with E-state index in [1.165, 1.54) is 18.3 Å². The van der Waals surface area contributed by atoms with Gasteiger partial charge in [-0.2, -0.15) is 9.37 Å². The van der Waals surface area contributed by atoms with Crippen molar-refractivity contribution in [1.82, 2.24) is 15.0 Å². The molecule has 0 fully saturated rings. The van der Waals surface area contributed by atoms with E-state index < -0.39 is 23.1 Å². The molecule has 0 saturated carbocycles. The van der Waals surface area contributed by atoms with Gasteiger partial charge in [-0.25, -0.2) is 13.8 Å². The smallest absolute Gasteiger partial charge is 0.249 e. The van der Waals surface area contributed by atoms with E-state index in [4.69, 9.17) is 10.5 Å². The summed E-state index contributed by atoms with van der Waals surface area (Å²) in [6.07, 6.45) is 2.99. The van der Waals surface area contributed by atoms with Crippen molar-refractivity contribution in [1.29, 1.82) is 0 Å². The lowest BCUT2D eigenvalue weighted by Gasteiger charge is -2.24. The molecule has 0 bridgehead atoms. The Morgan fingerprint density at radius 2 is 1.72 bits per heavy atom. The molecule has 1 aromatic carbocycles. The molecule has 0 unspecified atom stereocenters. The van der Waals surface area contributed by atoms with Crippen LogP contribution >= 0.6 is 0 Å². The Balaban J connectivity index is 1.80. The summed E-state index contributed by atoms with van der Waals surface area (Å²) in [5, 5.41) is 3.15. The van der Waals surface area contributed by atoms with Crippen LogP contribution in [0.15, 0.2) is 36.7 Å². The lowest BCUT2D eigenvalue weighted by Crippen LogP contribution is -2.39. The first-order valence-electron chi connectivity index (χ1n) is 8.80. The Labute approximate surface area is 166 Å². The Kier molecular flexibility index (Phi) is 5.69. The summed E-state index contributed by atoms with van der Waals surface area (Å²) in [6.45, 7) is 5.40. The summed E-state index contributed by atoms with van der Waals surface area (Å²) in [6, 6.07) is 6.06. The maximum absolute atomic E-state index is 14.2. The van der Waals surface area contributed by atoms with Crippen molar-refractivity contribution in [3.05, 3.63) is 59.8 Å². The third-order valence-corrected chi connectivity index (χ3v) is 4.20. The van der Waals surface area contributed by atoms with Gasteiger partial charge in [0, 0.05) is 23.2 Å². The molecule has 3 rings (SSSR count). The van der Waals surface area contributed by atoms with Crippen molar-refractivity contribution in [2.45, 2.75) is 26.3 Å². The van der Waals surface area contributed by atoms with E-state index in [-0.39, 0.29) is 22.7 Å². The minimum Gasteiger partial charge on any atom is -0.437 e. The first-order valence-corrected chi connectivity index (χ1v) is 8.80. The highest BCUT2D eigenvalue weighted by Gasteiger charge is 2.19. The van der Waals surface area contributed by atoms with Crippen molar-refractivity contribution in [3.8, 4) is 22.9 Å². The van der Waals surface area contributed by atoms with Gasteiger partial charge in [0.15, 0.2) is 11.6 Å². The monoisotopic (exact) mass is 403 g/mol. The molecule has 0 amide bonds. The molecule has 152 valence electrons. The van der Waals surface area contributed by atoms with Crippen molar-refractivity contribution >= 4 is 5.82 Å². The Hall–Kier alpha value is -3.20. The fourth-order valence-electron chi connectivity index (χ4n) is 2.47. The molecule has 2 heterocycles. The molecule has 0 atom stereocenters. The van der Waals surface area contributed by atoms with Crippen molar-refractivity contribution in [2.24, 2.45) is 5.73 Å². The van der Waals surface area contributed by atoms with Crippen LogP contribution < -0.4 is 15.8 Å². The van der Waals surface area contributed by atoms with E-state index in [1.807, 2.05) is 13.8 Å². The quantitative estimate of drug-likeness (QED) is 0.600. The SMILES string of the molecule is Cc1c(F)c(F)nc(-c2ccc(Oc3cncc(NC(C)(C)CN)n3)cc2)c1F. The third-order valence-electron chi connectivity index (χ3n) is 4.20. The second-order valence-electron chi connectivity index (χ2n) is 7.09. The third kappa shape index (κ3) is 4.62. The number of aromatic nitrogens is 3. The molecule has 0 aliphatic carbocycles. The number of halogens is 3. The normalized spacial score (nSPS) is 11.4. The minimum absolute atomic E-state index is 0.239. The summed E-state index contributed by atoms with van der Waals surface area (Å²) < 4.78 is 46.9. The molecular formula is C20H20F3N5O. The van der Waals surface area contributed by atoms with Gasteiger partial charge >= 0.3 is 0 Å². The van der Waals surface area contributed by atoms with Gasteiger partial charge in [0.1, 0.15) is 17.3 Å². The summed E-state index contributed by atoms with van der Waals surface area (Å²) in [5.41, 5.74) is 4.91. The maximum atomic E-state index is 14.2. The number of hydrogen-bond acceptors (Lipinski definition) is 6. The average Bonchev–Trinajstić information content (AvgIpc) is 2.70. The predicted octanol–water partition coefficient (Wildman–Crippen LogP) is 4.21. The lowest BCUT2D eigenvalue weighted by atomic mass is 10.1. The molecule has 0 aliphatic rings. The van der Waals surface area contributed by atoms with E-state index in [9.17, 15) is 13.2 Å². The Bertz CT molecular complexity index is 1030. The molecule has 0 saturated heterocycles. The van der Waals surface area contributed by atoms with E-state index in [2.05, 4.69) is 20.3 Å². The van der Waals surface area contributed by atoms with Gasteiger partial charge in [0.05, 0.1) is 12.4 Å². The van der Waals surface area contributed by atoms with E-state index >= 15 is 0 Å². The minimum atomic E-state index is -1.35. The highest BCUT2D eigenvalue weighted by atomic mass is 19.2. The van der Waals surface area contributed by atoms with Crippen LogP contribution in [0.3, 0.4) is 0 Å². The van der Waals surface area contributed by atoms with Gasteiger partial charge < -0.3 is 15.8 Å². The Morgan fingerprint density at radius 3 is 2.38 bits per heavy atom. The fourth-order valence-corrected chi connectivity index (χ4v) is 2.47. The number of rotatable bonds is 6. The van der Waals surface area contributed by atoms with Crippen LogP contribution in [0.5, 0.6) is 11.6 Å². The highest BCUT2D eigenvalue weighted by molar-refractivity contribution is 5.61. The average molecular weight is 403 g/mol. The number of ether oxygens (including phenoxy) is 1. The Morgan fingerprint density at radius 1 is 1.03 bits per heavy atom. The number of pyridine rings is 1. The van der Waals surface area contributed by atoms with Crippen LogP contribution in [-0.2, 0) is 0 Å². The van der Waals surface area contributed by atoms with E-state index in [0.717, 1.165) is 6.92 Å². The predicted molar refractivity (Wildman–Crippen MR) is 103 cm³/mol. The van der Waals surface area contributed by atoms with Crippen molar-refractivity contribution in [3.63, 3.8) is 0 Å². The molecule has 6 nitrogen and oxygen atoms in total. The number of nitrogens with zero attached hydrogens (tertiary/aromatic N) is 3. The van der Waals surface area contributed by atoms with Crippen LogP contribution in [-0.4, -0.2) is 27.0 Å². The summed E-state index contributed by atoms with van der Waals surface area (Å²) in [7, 11) is 0. The number of nitrogens with two attached hydrogens (primary N) is 1. The second-order valence-corrected chi connectivity index (χ2v) is 7.09. The van der Waals surface area contributed by atoms with Gasteiger partial charge in [-0.1, -0.05) is 0 Å². The number of anilines is 1. The second kappa shape index (κ2) is 8.04. The molecule has 2 aromatic heterocycles. The summed E-state index contributed by atoms with van der Waals surface area (Å²) >= 11 is 0. The number of hydrogen-bond donors (Lipinski definition) is 2. The van der Waals surface area contributed by atoms with Crippen LogP contribution in [0.2, 0.25) is 0 Å². The van der Waals surface area contributed by atoms with Gasteiger partial charge in [-0.15, -0.1) is 0 Å².